The number of benzene rings is 2. The van der Waals surface area contributed by atoms with E-state index in [1.165, 1.54) is 0 Å². The molecule has 0 saturated heterocycles. The smallest absolute Gasteiger partial charge is 0.257 e. The zero-order chi connectivity index (χ0) is 17.5. The van der Waals surface area contributed by atoms with E-state index in [1.807, 2.05) is 54.6 Å². The van der Waals surface area contributed by atoms with E-state index in [0.29, 0.717) is 17.2 Å². The predicted molar refractivity (Wildman–Crippen MR) is 103 cm³/mol. The summed E-state index contributed by atoms with van der Waals surface area (Å²) in [6.45, 7) is 0.514. The summed E-state index contributed by atoms with van der Waals surface area (Å²) >= 11 is 5.17. The molecule has 0 atom stereocenters. The number of carbonyl (C=O) groups excluding carboxylic acids is 1. The van der Waals surface area contributed by atoms with Crippen molar-refractivity contribution in [1.29, 1.82) is 0 Å². The quantitative estimate of drug-likeness (QED) is 0.709. The standard InChI is InChI=1S/C20H17N3OS/c24-19(23-20(25)22-14-15-5-4-12-21-13-15)18-10-8-17(9-11-18)16-6-2-1-3-7-16/h1-13H,14H2,(H2,22,23,24,25). The molecule has 0 fully saturated rings. The first-order valence-electron chi connectivity index (χ1n) is 7.86. The van der Waals surface area contributed by atoms with Crippen molar-refractivity contribution in [3.8, 4) is 11.1 Å². The highest BCUT2D eigenvalue weighted by Crippen LogP contribution is 2.19. The number of rotatable bonds is 4. The minimum Gasteiger partial charge on any atom is -0.358 e. The van der Waals surface area contributed by atoms with Gasteiger partial charge in [0.2, 0.25) is 0 Å². The van der Waals surface area contributed by atoms with Gasteiger partial charge in [-0.15, -0.1) is 0 Å². The van der Waals surface area contributed by atoms with Crippen LogP contribution in [0.4, 0.5) is 0 Å². The third-order valence-corrected chi connectivity index (χ3v) is 3.90. The molecule has 25 heavy (non-hydrogen) atoms. The van der Waals surface area contributed by atoms with Crippen LogP contribution in [-0.4, -0.2) is 16.0 Å². The fraction of sp³-hybridized carbons (Fsp3) is 0.0500. The zero-order valence-corrected chi connectivity index (χ0v) is 14.3. The Kier molecular flexibility index (Phi) is 5.49. The van der Waals surface area contributed by atoms with Crippen molar-refractivity contribution in [3.05, 3.63) is 90.3 Å². The fourth-order valence-corrected chi connectivity index (χ4v) is 2.51. The molecule has 0 unspecified atom stereocenters. The van der Waals surface area contributed by atoms with Gasteiger partial charge in [-0.2, -0.15) is 0 Å². The second kappa shape index (κ2) is 8.17. The summed E-state index contributed by atoms with van der Waals surface area (Å²) in [6.07, 6.45) is 3.46. The van der Waals surface area contributed by atoms with Gasteiger partial charge >= 0.3 is 0 Å². The number of thiocarbonyl (C=S) groups is 1. The monoisotopic (exact) mass is 347 g/mol. The minimum absolute atomic E-state index is 0.233. The van der Waals surface area contributed by atoms with Crippen molar-refractivity contribution in [3.63, 3.8) is 0 Å². The average Bonchev–Trinajstić information content (AvgIpc) is 2.68. The van der Waals surface area contributed by atoms with Crippen molar-refractivity contribution in [2.75, 3.05) is 0 Å². The van der Waals surface area contributed by atoms with Gasteiger partial charge in [-0.05, 0) is 47.1 Å². The van der Waals surface area contributed by atoms with E-state index in [0.717, 1.165) is 16.7 Å². The van der Waals surface area contributed by atoms with Crippen LogP contribution in [0, 0.1) is 0 Å². The van der Waals surface area contributed by atoms with Gasteiger partial charge < -0.3 is 5.32 Å². The number of amides is 1. The lowest BCUT2D eigenvalue weighted by Crippen LogP contribution is -2.38. The van der Waals surface area contributed by atoms with Gasteiger partial charge in [0, 0.05) is 24.5 Å². The van der Waals surface area contributed by atoms with Crippen LogP contribution in [0.5, 0.6) is 0 Å². The van der Waals surface area contributed by atoms with E-state index in [4.69, 9.17) is 12.2 Å². The first-order chi connectivity index (χ1) is 12.2. The lowest BCUT2D eigenvalue weighted by Gasteiger charge is -2.10. The summed E-state index contributed by atoms with van der Waals surface area (Å²) in [5.74, 6) is -0.233. The molecular formula is C20H17N3OS. The number of nitrogens with one attached hydrogen (secondary N) is 2. The molecule has 0 radical (unpaired) electrons. The highest BCUT2D eigenvalue weighted by Gasteiger charge is 2.08. The van der Waals surface area contributed by atoms with Gasteiger partial charge in [0.1, 0.15) is 0 Å². The molecule has 0 bridgehead atoms. The van der Waals surface area contributed by atoms with Crippen LogP contribution in [0.15, 0.2) is 79.1 Å². The molecule has 0 aliphatic rings. The van der Waals surface area contributed by atoms with Crippen LogP contribution < -0.4 is 10.6 Å². The third kappa shape index (κ3) is 4.71. The molecule has 0 aliphatic heterocycles. The van der Waals surface area contributed by atoms with E-state index < -0.39 is 0 Å². The van der Waals surface area contributed by atoms with Crippen molar-refractivity contribution >= 4 is 23.2 Å². The van der Waals surface area contributed by atoms with Crippen LogP contribution in [-0.2, 0) is 6.54 Å². The van der Waals surface area contributed by atoms with Crippen LogP contribution in [0.25, 0.3) is 11.1 Å². The number of pyridine rings is 1. The molecule has 3 aromatic rings. The number of carbonyl (C=O) groups is 1. The normalized spacial score (nSPS) is 10.1. The van der Waals surface area contributed by atoms with Crippen LogP contribution in [0.1, 0.15) is 15.9 Å². The van der Waals surface area contributed by atoms with Crippen LogP contribution in [0.3, 0.4) is 0 Å². The molecule has 1 amide bonds. The Morgan fingerprint density at radius 2 is 1.64 bits per heavy atom. The Morgan fingerprint density at radius 1 is 0.920 bits per heavy atom. The highest BCUT2D eigenvalue weighted by molar-refractivity contribution is 7.80. The molecule has 3 rings (SSSR count). The predicted octanol–water partition coefficient (Wildman–Crippen LogP) is 3.55. The van der Waals surface area contributed by atoms with Gasteiger partial charge in [0.25, 0.3) is 5.91 Å². The Morgan fingerprint density at radius 3 is 2.32 bits per heavy atom. The maximum absolute atomic E-state index is 12.3. The van der Waals surface area contributed by atoms with Crippen molar-refractivity contribution in [1.82, 2.24) is 15.6 Å². The Labute approximate surface area is 151 Å². The average molecular weight is 347 g/mol. The Balaban J connectivity index is 1.56. The van der Waals surface area contributed by atoms with Crippen LogP contribution in [0.2, 0.25) is 0 Å². The second-order valence-corrected chi connectivity index (χ2v) is 5.85. The molecule has 5 heteroatoms. The van der Waals surface area contributed by atoms with Crippen molar-refractivity contribution < 1.29 is 4.79 Å². The van der Waals surface area contributed by atoms with Gasteiger partial charge in [-0.1, -0.05) is 48.5 Å². The molecule has 1 heterocycles. The summed E-state index contributed by atoms with van der Waals surface area (Å²) in [7, 11) is 0. The summed E-state index contributed by atoms with van der Waals surface area (Å²) in [5, 5.41) is 5.98. The molecule has 2 N–H and O–H groups in total. The summed E-state index contributed by atoms with van der Waals surface area (Å²) in [4.78, 5) is 16.3. The van der Waals surface area contributed by atoms with E-state index in [-0.39, 0.29) is 5.91 Å². The first-order valence-corrected chi connectivity index (χ1v) is 8.27. The van der Waals surface area contributed by atoms with Gasteiger partial charge in [-0.3, -0.25) is 15.1 Å². The van der Waals surface area contributed by atoms with E-state index in [2.05, 4.69) is 15.6 Å². The summed E-state index contributed by atoms with van der Waals surface area (Å²) < 4.78 is 0. The lowest BCUT2D eigenvalue weighted by atomic mass is 10.0. The minimum atomic E-state index is -0.233. The maximum atomic E-state index is 12.3. The van der Waals surface area contributed by atoms with Gasteiger partial charge in [-0.25, -0.2) is 0 Å². The molecule has 4 nitrogen and oxygen atoms in total. The Bertz CT molecular complexity index is 849. The summed E-state index contributed by atoms with van der Waals surface area (Å²) in [6, 6.07) is 21.3. The number of nitrogens with zero attached hydrogens (tertiary/aromatic N) is 1. The van der Waals surface area contributed by atoms with Gasteiger partial charge in [0.05, 0.1) is 0 Å². The lowest BCUT2D eigenvalue weighted by molar-refractivity contribution is 0.0976. The molecular weight excluding hydrogens is 330 g/mol. The molecule has 0 saturated carbocycles. The highest BCUT2D eigenvalue weighted by atomic mass is 32.1. The van der Waals surface area contributed by atoms with Gasteiger partial charge in [0.15, 0.2) is 5.11 Å². The third-order valence-electron chi connectivity index (χ3n) is 3.66. The largest absolute Gasteiger partial charge is 0.358 e. The Hall–Kier alpha value is -3.05. The number of aromatic nitrogens is 1. The van der Waals surface area contributed by atoms with Crippen molar-refractivity contribution in [2.45, 2.75) is 6.54 Å². The first kappa shape index (κ1) is 16.8. The maximum Gasteiger partial charge on any atom is 0.257 e. The molecule has 0 aliphatic carbocycles. The summed E-state index contributed by atoms with van der Waals surface area (Å²) in [5.41, 5.74) is 3.73. The number of hydrogen-bond donors (Lipinski definition) is 2. The fourth-order valence-electron chi connectivity index (χ4n) is 2.35. The zero-order valence-electron chi connectivity index (χ0n) is 13.5. The SMILES string of the molecule is O=C(NC(=S)NCc1cccnc1)c1ccc(-c2ccccc2)cc1. The topological polar surface area (TPSA) is 54.0 Å². The molecule has 2 aromatic carbocycles. The van der Waals surface area contributed by atoms with Crippen molar-refractivity contribution in [2.24, 2.45) is 0 Å². The van der Waals surface area contributed by atoms with E-state index in [1.54, 1.807) is 24.5 Å². The van der Waals surface area contributed by atoms with E-state index >= 15 is 0 Å². The second-order valence-electron chi connectivity index (χ2n) is 5.44. The molecule has 124 valence electrons. The molecule has 1 aromatic heterocycles. The van der Waals surface area contributed by atoms with E-state index in [9.17, 15) is 4.79 Å². The number of hydrogen-bond acceptors (Lipinski definition) is 3. The van der Waals surface area contributed by atoms with Crippen LogP contribution >= 0.6 is 12.2 Å². The molecule has 0 spiro atoms.